The fraction of sp³-hybridized carbons (Fsp3) is 0.524. The summed E-state index contributed by atoms with van der Waals surface area (Å²) in [7, 11) is 0. The first-order valence-corrected chi connectivity index (χ1v) is 9.45. The van der Waals surface area contributed by atoms with E-state index in [9.17, 15) is 4.79 Å². The lowest BCUT2D eigenvalue weighted by Crippen LogP contribution is -2.23. The lowest BCUT2D eigenvalue weighted by atomic mass is 9.71. The molecule has 1 aromatic heterocycles. The third kappa shape index (κ3) is 3.76. The molecule has 2 aromatic rings. The minimum Gasteiger partial charge on any atom is -0.490 e. The number of nitrogens with zero attached hydrogens (tertiary/aromatic N) is 2. The summed E-state index contributed by atoms with van der Waals surface area (Å²) in [4.78, 5) is 15.1. The first-order valence-electron chi connectivity index (χ1n) is 9.45. The molecular formula is C21H26N2O3. The SMILES string of the molecule is CC1(C)CCC(c2ccc(OCC3Cn4ccc(=O)nc4O3)cc2)CC1. The summed E-state index contributed by atoms with van der Waals surface area (Å²) in [5.41, 5.74) is 1.64. The van der Waals surface area contributed by atoms with Crippen LogP contribution in [0.25, 0.3) is 0 Å². The third-order valence-corrected chi connectivity index (χ3v) is 5.65. The zero-order valence-corrected chi connectivity index (χ0v) is 15.5. The average Bonchev–Trinajstić information content (AvgIpc) is 3.02. The van der Waals surface area contributed by atoms with E-state index >= 15 is 0 Å². The molecule has 5 nitrogen and oxygen atoms in total. The summed E-state index contributed by atoms with van der Waals surface area (Å²) in [6, 6.07) is 10.3. The fourth-order valence-electron chi connectivity index (χ4n) is 3.90. The Morgan fingerprint density at radius 3 is 2.65 bits per heavy atom. The van der Waals surface area contributed by atoms with E-state index in [1.807, 2.05) is 4.57 Å². The van der Waals surface area contributed by atoms with Crippen molar-refractivity contribution in [3.8, 4) is 11.8 Å². The Kier molecular flexibility index (Phi) is 4.47. The van der Waals surface area contributed by atoms with Crippen molar-refractivity contribution in [1.29, 1.82) is 0 Å². The van der Waals surface area contributed by atoms with Gasteiger partial charge in [-0.05, 0) is 54.7 Å². The number of ether oxygens (including phenoxy) is 2. The minimum absolute atomic E-state index is 0.121. The van der Waals surface area contributed by atoms with Crippen LogP contribution >= 0.6 is 0 Å². The Balaban J connectivity index is 1.31. The summed E-state index contributed by atoms with van der Waals surface area (Å²) >= 11 is 0. The van der Waals surface area contributed by atoms with Crippen molar-refractivity contribution in [3.63, 3.8) is 0 Å². The van der Waals surface area contributed by atoms with Crippen LogP contribution in [-0.4, -0.2) is 22.3 Å². The molecule has 1 aliphatic carbocycles. The number of fused-ring (bicyclic) bond motifs is 1. The number of benzene rings is 1. The molecule has 5 heteroatoms. The molecule has 1 aromatic carbocycles. The van der Waals surface area contributed by atoms with Gasteiger partial charge in [0.1, 0.15) is 12.4 Å². The maximum absolute atomic E-state index is 11.3. The van der Waals surface area contributed by atoms with Gasteiger partial charge in [-0.25, -0.2) is 0 Å². The summed E-state index contributed by atoms with van der Waals surface area (Å²) in [6.45, 7) is 5.83. The van der Waals surface area contributed by atoms with Crippen LogP contribution in [0.1, 0.15) is 51.0 Å². The molecule has 0 spiro atoms. The monoisotopic (exact) mass is 354 g/mol. The molecule has 1 atom stereocenters. The van der Waals surface area contributed by atoms with E-state index in [2.05, 4.69) is 43.1 Å². The van der Waals surface area contributed by atoms with Crippen LogP contribution in [0.5, 0.6) is 11.8 Å². The van der Waals surface area contributed by atoms with Crippen LogP contribution in [-0.2, 0) is 6.54 Å². The second-order valence-electron chi connectivity index (χ2n) is 8.26. The molecule has 0 bridgehead atoms. The Morgan fingerprint density at radius 1 is 1.19 bits per heavy atom. The summed E-state index contributed by atoms with van der Waals surface area (Å²) in [5.74, 6) is 1.53. The van der Waals surface area contributed by atoms with E-state index in [1.54, 1.807) is 6.20 Å². The van der Waals surface area contributed by atoms with Gasteiger partial charge in [0.05, 0.1) is 6.54 Å². The van der Waals surface area contributed by atoms with Gasteiger partial charge in [-0.15, -0.1) is 0 Å². The normalized spacial score (nSPS) is 21.8. The first-order chi connectivity index (χ1) is 12.5. The van der Waals surface area contributed by atoms with E-state index in [-0.39, 0.29) is 11.7 Å². The van der Waals surface area contributed by atoms with E-state index in [4.69, 9.17) is 9.47 Å². The summed E-state index contributed by atoms with van der Waals surface area (Å²) < 4.78 is 13.4. The maximum Gasteiger partial charge on any atom is 0.300 e. The van der Waals surface area contributed by atoms with Crippen molar-refractivity contribution in [3.05, 3.63) is 52.4 Å². The second-order valence-corrected chi connectivity index (χ2v) is 8.26. The molecule has 1 saturated carbocycles. The van der Waals surface area contributed by atoms with E-state index in [1.165, 1.54) is 37.3 Å². The summed E-state index contributed by atoms with van der Waals surface area (Å²) in [5, 5.41) is 0. The van der Waals surface area contributed by atoms with E-state index < -0.39 is 0 Å². The van der Waals surface area contributed by atoms with E-state index in [0.717, 1.165) is 5.75 Å². The van der Waals surface area contributed by atoms with Gasteiger partial charge in [-0.1, -0.05) is 26.0 Å². The highest BCUT2D eigenvalue weighted by atomic mass is 16.6. The third-order valence-electron chi connectivity index (χ3n) is 5.65. The molecule has 2 heterocycles. The van der Waals surface area contributed by atoms with Gasteiger partial charge in [0, 0.05) is 12.3 Å². The van der Waals surface area contributed by atoms with Crippen molar-refractivity contribution in [2.45, 2.75) is 58.1 Å². The Morgan fingerprint density at radius 2 is 1.92 bits per heavy atom. The summed E-state index contributed by atoms with van der Waals surface area (Å²) in [6.07, 6.45) is 6.73. The molecule has 4 rings (SSSR count). The predicted molar refractivity (Wildman–Crippen MR) is 99.8 cm³/mol. The highest BCUT2D eigenvalue weighted by molar-refractivity contribution is 5.30. The predicted octanol–water partition coefficient (Wildman–Crippen LogP) is 3.77. The number of hydrogen-bond donors (Lipinski definition) is 0. The first kappa shape index (κ1) is 17.1. The topological polar surface area (TPSA) is 53.4 Å². The van der Waals surface area contributed by atoms with Crippen LogP contribution in [0.15, 0.2) is 41.3 Å². The van der Waals surface area contributed by atoms with Crippen LogP contribution in [0.2, 0.25) is 0 Å². The molecule has 1 aliphatic heterocycles. The van der Waals surface area contributed by atoms with Crippen molar-refractivity contribution in [2.24, 2.45) is 5.41 Å². The molecule has 2 aliphatic rings. The standard InChI is InChI=1S/C21H26N2O3/c1-21(2)10-7-16(8-11-21)15-3-5-17(6-4-15)25-14-18-13-23-12-9-19(24)22-20(23)26-18/h3-6,9,12,16,18H,7-8,10-11,13-14H2,1-2H3. The number of rotatable bonds is 4. The van der Waals surface area contributed by atoms with Gasteiger partial charge in [-0.3, -0.25) is 9.36 Å². The smallest absolute Gasteiger partial charge is 0.300 e. The van der Waals surface area contributed by atoms with Crippen LogP contribution in [0, 0.1) is 5.41 Å². The molecule has 1 fully saturated rings. The van der Waals surface area contributed by atoms with E-state index in [0.29, 0.717) is 30.5 Å². The van der Waals surface area contributed by atoms with Gasteiger partial charge in [0.15, 0.2) is 6.10 Å². The van der Waals surface area contributed by atoms with Crippen molar-refractivity contribution < 1.29 is 9.47 Å². The number of hydrogen-bond acceptors (Lipinski definition) is 4. The molecule has 0 radical (unpaired) electrons. The fourth-order valence-corrected chi connectivity index (χ4v) is 3.90. The molecule has 138 valence electrons. The van der Waals surface area contributed by atoms with Crippen LogP contribution < -0.4 is 15.0 Å². The largest absolute Gasteiger partial charge is 0.490 e. The molecule has 26 heavy (non-hydrogen) atoms. The zero-order valence-electron chi connectivity index (χ0n) is 15.5. The highest BCUT2D eigenvalue weighted by Crippen LogP contribution is 2.42. The Hall–Kier alpha value is -2.30. The number of aromatic nitrogens is 2. The molecule has 0 saturated heterocycles. The van der Waals surface area contributed by atoms with Crippen molar-refractivity contribution in [1.82, 2.24) is 9.55 Å². The van der Waals surface area contributed by atoms with Crippen molar-refractivity contribution in [2.75, 3.05) is 6.61 Å². The quantitative estimate of drug-likeness (QED) is 0.839. The van der Waals surface area contributed by atoms with Gasteiger partial charge < -0.3 is 9.47 Å². The van der Waals surface area contributed by atoms with Gasteiger partial charge in [0.2, 0.25) is 0 Å². The lowest BCUT2D eigenvalue weighted by Gasteiger charge is -2.34. The minimum atomic E-state index is -0.278. The average molecular weight is 354 g/mol. The Labute approximate surface area is 154 Å². The van der Waals surface area contributed by atoms with Gasteiger partial charge >= 0.3 is 0 Å². The molecule has 0 N–H and O–H groups in total. The zero-order chi connectivity index (χ0) is 18.1. The van der Waals surface area contributed by atoms with Gasteiger partial charge in [-0.2, -0.15) is 4.98 Å². The maximum atomic E-state index is 11.3. The molecule has 1 unspecified atom stereocenters. The van der Waals surface area contributed by atoms with Crippen LogP contribution in [0.3, 0.4) is 0 Å². The molecular weight excluding hydrogens is 328 g/mol. The van der Waals surface area contributed by atoms with Crippen molar-refractivity contribution >= 4 is 0 Å². The van der Waals surface area contributed by atoms with Gasteiger partial charge in [0.25, 0.3) is 11.6 Å². The molecule has 0 amide bonds. The highest BCUT2D eigenvalue weighted by Gasteiger charge is 2.27. The Bertz CT molecular complexity index is 816. The second kappa shape index (κ2) is 6.78. The van der Waals surface area contributed by atoms with Crippen LogP contribution in [0.4, 0.5) is 0 Å². The lowest BCUT2D eigenvalue weighted by molar-refractivity contribution is 0.143.